The fourth-order valence-corrected chi connectivity index (χ4v) is 3.58. The Kier molecular flexibility index (Phi) is 21.8. The molecule has 0 aliphatic rings. The van der Waals surface area contributed by atoms with E-state index in [4.69, 9.17) is 0 Å². The maximum absolute atomic E-state index is 10.9. The van der Waals surface area contributed by atoms with Gasteiger partial charge in [-0.2, -0.15) is 0 Å². The number of ether oxygens (including phenoxy) is 1. The van der Waals surface area contributed by atoms with Gasteiger partial charge in [-0.1, -0.05) is 134 Å². The second kappa shape index (κ2) is 23.0. The van der Waals surface area contributed by atoms with Gasteiger partial charge in [0, 0.05) is 12.3 Å². The molecule has 1 unspecified atom stereocenters. The average molecular weight is 433 g/mol. The Labute approximate surface area is 192 Å². The summed E-state index contributed by atoms with van der Waals surface area (Å²) in [6.45, 7) is 4.17. The molecule has 0 heterocycles. The predicted octanol–water partition coefficient (Wildman–Crippen LogP) is 8.41. The highest BCUT2D eigenvalue weighted by Gasteiger charge is 2.00. The molecule has 0 saturated carbocycles. The Morgan fingerprint density at radius 3 is 1.58 bits per heavy atom. The number of unbranched alkanes of at least 4 members (excludes halogenated alkanes) is 14. The predicted molar refractivity (Wildman–Crippen MR) is 132 cm³/mol. The summed E-state index contributed by atoms with van der Waals surface area (Å²) < 4.78 is 4.63. The van der Waals surface area contributed by atoms with E-state index in [1.807, 2.05) is 37.3 Å². The molecule has 1 aromatic rings. The Balaban J connectivity index is 0.000000743. The fraction of sp³-hybridized carbons (Fsp3) is 0.714. The molecule has 0 spiro atoms. The molecule has 0 saturated heterocycles. The molecule has 178 valence electrons. The molecule has 0 radical (unpaired) electrons. The van der Waals surface area contributed by atoms with Crippen molar-refractivity contribution in [1.82, 2.24) is 0 Å². The second-order valence-electron chi connectivity index (χ2n) is 8.61. The number of carbonyl (C=O) groups is 2. The summed E-state index contributed by atoms with van der Waals surface area (Å²) in [7, 11) is 1.47. The maximum Gasteiger partial charge on any atom is 0.305 e. The number of rotatable bonds is 18. The Morgan fingerprint density at radius 2 is 1.19 bits per heavy atom. The largest absolute Gasteiger partial charge is 0.469 e. The van der Waals surface area contributed by atoms with Crippen molar-refractivity contribution in [2.45, 2.75) is 122 Å². The molecule has 0 bridgehead atoms. The quantitative estimate of drug-likeness (QED) is 0.133. The van der Waals surface area contributed by atoms with Crippen molar-refractivity contribution < 1.29 is 14.3 Å². The lowest BCUT2D eigenvalue weighted by atomic mass is 10.0. The van der Waals surface area contributed by atoms with E-state index in [2.05, 4.69) is 11.7 Å². The lowest BCUT2D eigenvalue weighted by molar-refractivity contribution is -0.140. The van der Waals surface area contributed by atoms with Crippen molar-refractivity contribution in [3.63, 3.8) is 0 Å². The number of carbonyl (C=O) groups excluding carboxylic acids is 2. The Hall–Kier alpha value is -1.64. The molecule has 3 heteroatoms. The molecule has 0 fully saturated rings. The monoisotopic (exact) mass is 432 g/mol. The molecule has 0 aliphatic carbocycles. The van der Waals surface area contributed by atoms with Crippen LogP contribution in [-0.2, 0) is 14.3 Å². The van der Waals surface area contributed by atoms with Gasteiger partial charge < -0.3 is 9.53 Å². The zero-order chi connectivity index (χ0) is 23.0. The van der Waals surface area contributed by atoms with E-state index in [9.17, 15) is 9.59 Å². The third-order valence-electron chi connectivity index (χ3n) is 5.74. The fourth-order valence-electron chi connectivity index (χ4n) is 3.58. The van der Waals surface area contributed by atoms with E-state index in [1.54, 1.807) is 0 Å². The van der Waals surface area contributed by atoms with Crippen LogP contribution in [0.1, 0.15) is 128 Å². The molecular formula is C28H48O3. The minimum absolute atomic E-state index is 0.0289. The molecule has 1 rings (SSSR count). The Bertz CT molecular complexity index is 512. The Morgan fingerprint density at radius 1 is 0.774 bits per heavy atom. The third kappa shape index (κ3) is 20.0. The standard InChI is InChI=1S/C19H38O2.C9H10O/c1-3-4-5-6-7-8-9-10-11-12-13-14-15-16-17-18-19(20)21-2;1-8(7-10)9-5-3-2-4-6-9/h3-18H2,1-2H3;2-8H,1H3. The molecule has 0 amide bonds. The van der Waals surface area contributed by atoms with Crippen LogP contribution in [0.25, 0.3) is 0 Å². The van der Waals surface area contributed by atoms with Crippen molar-refractivity contribution in [2.75, 3.05) is 7.11 Å². The highest BCUT2D eigenvalue weighted by Crippen LogP contribution is 2.14. The van der Waals surface area contributed by atoms with Crippen molar-refractivity contribution in [2.24, 2.45) is 0 Å². The molecule has 0 aliphatic heterocycles. The van der Waals surface area contributed by atoms with Crippen molar-refractivity contribution in [3.05, 3.63) is 35.9 Å². The average Bonchev–Trinajstić information content (AvgIpc) is 2.81. The lowest BCUT2D eigenvalue weighted by Crippen LogP contribution is -1.99. The second-order valence-corrected chi connectivity index (χ2v) is 8.61. The van der Waals surface area contributed by atoms with E-state index < -0.39 is 0 Å². The van der Waals surface area contributed by atoms with Crippen LogP contribution in [0.2, 0.25) is 0 Å². The van der Waals surface area contributed by atoms with Crippen LogP contribution >= 0.6 is 0 Å². The van der Waals surface area contributed by atoms with E-state index >= 15 is 0 Å². The van der Waals surface area contributed by atoms with Crippen molar-refractivity contribution in [3.8, 4) is 0 Å². The van der Waals surface area contributed by atoms with E-state index in [0.717, 1.165) is 18.3 Å². The van der Waals surface area contributed by atoms with Crippen LogP contribution in [0.4, 0.5) is 0 Å². The molecule has 3 nitrogen and oxygen atoms in total. The number of hydrogen-bond acceptors (Lipinski definition) is 3. The van der Waals surface area contributed by atoms with Crippen LogP contribution < -0.4 is 0 Å². The number of benzene rings is 1. The maximum atomic E-state index is 10.9. The van der Waals surface area contributed by atoms with Gasteiger partial charge >= 0.3 is 5.97 Å². The number of esters is 1. The normalized spacial score (nSPS) is 11.3. The van der Waals surface area contributed by atoms with E-state index in [1.165, 1.54) is 97.0 Å². The summed E-state index contributed by atoms with van der Waals surface area (Å²) in [5.41, 5.74) is 1.08. The van der Waals surface area contributed by atoms with Gasteiger partial charge in [0.25, 0.3) is 0 Å². The summed E-state index contributed by atoms with van der Waals surface area (Å²) >= 11 is 0. The first-order valence-corrected chi connectivity index (χ1v) is 12.7. The first kappa shape index (κ1) is 29.4. The molecular weight excluding hydrogens is 384 g/mol. The zero-order valence-electron chi connectivity index (χ0n) is 20.6. The number of hydrogen-bond donors (Lipinski definition) is 0. The molecule has 0 N–H and O–H groups in total. The smallest absolute Gasteiger partial charge is 0.305 e. The van der Waals surface area contributed by atoms with Gasteiger partial charge in [0.2, 0.25) is 0 Å². The first-order chi connectivity index (χ1) is 15.2. The van der Waals surface area contributed by atoms with Crippen molar-refractivity contribution in [1.29, 1.82) is 0 Å². The van der Waals surface area contributed by atoms with Gasteiger partial charge in [-0.3, -0.25) is 4.79 Å². The van der Waals surface area contributed by atoms with Gasteiger partial charge in [0.15, 0.2) is 0 Å². The number of aldehydes is 1. The van der Waals surface area contributed by atoms with E-state index in [-0.39, 0.29) is 11.9 Å². The topological polar surface area (TPSA) is 43.4 Å². The minimum Gasteiger partial charge on any atom is -0.469 e. The van der Waals surface area contributed by atoms with Gasteiger partial charge in [0.1, 0.15) is 6.29 Å². The van der Waals surface area contributed by atoms with Gasteiger partial charge in [-0.25, -0.2) is 0 Å². The SMILES string of the molecule is CC(C=O)c1ccccc1.CCCCCCCCCCCCCCCCCC(=O)OC. The number of methoxy groups -OCH3 is 1. The summed E-state index contributed by atoms with van der Waals surface area (Å²) in [4.78, 5) is 21.2. The van der Waals surface area contributed by atoms with Gasteiger partial charge in [-0.05, 0) is 12.0 Å². The summed E-state index contributed by atoms with van der Waals surface area (Å²) in [5, 5.41) is 0. The summed E-state index contributed by atoms with van der Waals surface area (Å²) in [6.07, 6.45) is 21.9. The summed E-state index contributed by atoms with van der Waals surface area (Å²) in [6, 6.07) is 9.74. The van der Waals surface area contributed by atoms with Crippen LogP contribution in [0, 0.1) is 0 Å². The molecule has 0 aromatic heterocycles. The van der Waals surface area contributed by atoms with E-state index in [0.29, 0.717) is 6.42 Å². The highest BCUT2D eigenvalue weighted by molar-refractivity contribution is 5.68. The molecule has 31 heavy (non-hydrogen) atoms. The zero-order valence-corrected chi connectivity index (χ0v) is 20.6. The van der Waals surface area contributed by atoms with Crippen LogP contribution in [0.15, 0.2) is 30.3 Å². The summed E-state index contributed by atoms with van der Waals surface area (Å²) in [5.74, 6) is -0.0362. The van der Waals surface area contributed by atoms with Crippen LogP contribution in [0.5, 0.6) is 0 Å². The van der Waals surface area contributed by atoms with Crippen molar-refractivity contribution >= 4 is 12.3 Å². The van der Waals surface area contributed by atoms with Crippen LogP contribution in [0.3, 0.4) is 0 Å². The third-order valence-corrected chi connectivity index (χ3v) is 5.74. The van der Waals surface area contributed by atoms with Gasteiger partial charge in [0.05, 0.1) is 7.11 Å². The molecule has 1 aromatic carbocycles. The van der Waals surface area contributed by atoms with Crippen LogP contribution in [-0.4, -0.2) is 19.4 Å². The minimum atomic E-state index is -0.0651. The first-order valence-electron chi connectivity index (χ1n) is 12.7. The van der Waals surface area contributed by atoms with Gasteiger partial charge in [-0.15, -0.1) is 0 Å². The lowest BCUT2D eigenvalue weighted by Gasteiger charge is -2.03. The molecule has 1 atom stereocenters. The highest BCUT2D eigenvalue weighted by atomic mass is 16.5.